The van der Waals surface area contributed by atoms with E-state index in [0.29, 0.717) is 41.9 Å². The molecule has 3 amide bonds. The van der Waals surface area contributed by atoms with Crippen LogP contribution in [0.3, 0.4) is 0 Å². The number of carbonyl (C=O) groups excluding carboxylic acids is 3. The van der Waals surface area contributed by atoms with Gasteiger partial charge in [-0.3, -0.25) is 19.1 Å². The molecular weight excluding hydrogens is 669 g/mol. The number of hydrogen-bond acceptors (Lipinski definition) is 6. The maximum atomic E-state index is 13.6. The van der Waals surface area contributed by atoms with E-state index >= 15 is 0 Å². The second kappa shape index (κ2) is 13.7. The average molecular weight is 702 g/mol. The van der Waals surface area contributed by atoms with Crippen LogP contribution in [0, 0.1) is 5.92 Å². The Bertz CT molecular complexity index is 1530. The standard InChI is InChI=1S/C28H32BrF3N8O3.ClH/c1-3-40-16-20(23(36-40)28(30,31)32)22-15-34-24(37(22)2)25(41)35-18-4-5-19(21(29)14-18)27(43)39-12-10-38(11-13-39)26(42)17-6-8-33-9-7-17;/h4-5,14-17,33H,3,6-13H2,1-2H3,(H,35,41);1H. The Morgan fingerprint density at radius 1 is 1.09 bits per heavy atom. The fourth-order valence-electron chi connectivity index (χ4n) is 5.43. The predicted octanol–water partition coefficient (Wildman–Crippen LogP) is 4.04. The van der Waals surface area contributed by atoms with Crippen molar-refractivity contribution in [2.45, 2.75) is 32.5 Å². The molecule has 44 heavy (non-hydrogen) atoms. The van der Waals surface area contributed by atoms with E-state index < -0.39 is 17.8 Å². The van der Waals surface area contributed by atoms with Crippen molar-refractivity contribution in [3.8, 4) is 11.3 Å². The molecule has 2 N–H and O–H groups in total. The molecule has 5 rings (SSSR count). The highest BCUT2D eigenvalue weighted by molar-refractivity contribution is 9.10. The van der Waals surface area contributed by atoms with Gasteiger partial charge < -0.3 is 25.0 Å². The third-order valence-corrected chi connectivity index (χ3v) is 8.50. The van der Waals surface area contributed by atoms with Gasteiger partial charge in [0.2, 0.25) is 5.91 Å². The van der Waals surface area contributed by atoms with Crippen LogP contribution in [-0.4, -0.2) is 86.1 Å². The van der Waals surface area contributed by atoms with Crippen molar-refractivity contribution in [1.82, 2.24) is 34.4 Å². The highest BCUT2D eigenvalue weighted by Crippen LogP contribution is 2.36. The van der Waals surface area contributed by atoms with E-state index in [1.54, 1.807) is 30.0 Å². The van der Waals surface area contributed by atoms with Crippen LogP contribution in [0.5, 0.6) is 0 Å². The van der Waals surface area contributed by atoms with Gasteiger partial charge >= 0.3 is 6.18 Å². The number of benzene rings is 1. The van der Waals surface area contributed by atoms with Crippen LogP contribution in [0.25, 0.3) is 11.3 Å². The molecule has 0 spiro atoms. The Labute approximate surface area is 266 Å². The van der Waals surface area contributed by atoms with Crippen LogP contribution < -0.4 is 10.6 Å². The van der Waals surface area contributed by atoms with Crippen molar-refractivity contribution in [3.63, 3.8) is 0 Å². The Morgan fingerprint density at radius 2 is 1.75 bits per heavy atom. The lowest BCUT2D eigenvalue weighted by Gasteiger charge is -2.37. The van der Waals surface area contributed by atoms with E-state index in [9.17, 15) is 27.6 Å². The predicted molar refractivity (Wildman–Crippen MR) is 163 cm³/mol. The number of aryl methyl sites for hydroxylation is 1. The summed E-state index contributed by atoms with van der Waals surface area (Å²) in [7, 11) is 1.46. The second-order valence-electron chi connectivity index (χ2n) is 10.6. The summed E-state index contributed by atoms with van der Waals surface area (Å²) in [6, 6.07) is 4.75. The van der Waals surface area contributed by atoms with Gasteiger partial charge in [0.25, 0.3) is 11.8 Å². The third-order valence-electron chi connectivity index (χ3n) is 7.85. The minimum absolute atomic E-state index is 0. The fraction of sp³-hybridized carbons (Fsp3) is 0.464. The number of nitrogens with one attached hydrogen (secondary N) is 2. The van der Waals surface area contributed by atoms with E-state index in [0.717, 1.165) is 25.9 Å². The van der Waals surface area contributed by atoms with Gasteiger partial charge in [-0.1, -0.05) is 0 Å². The number of halogens is 5. The van der Waals surface area contributed by atoms with Gasteiger partial charge in [-0.15, -0.1) is 12.4 Å². The van der Waals surface area contributed by atoms with Gasteiger partial charge in [0, 0.05) is 62.0 Å². The fourth-order valence-corrected chi connectivity index (χ4v) is 5.98. The summed E-state index contributed by atoms with van der Waals surface area (Å²) in [5.41, 5.74) is -0.362. The number of aromatic nitrogens is 4. The first-order chi connectivity index (χ1) is 20.5. The number of anilines is 1. The number of piperidine rings is 1. The molecule has 0 radical (unpaired) electrons. The first-order valence-corrected chi connectivity index (χ1v) is 14.8. The van der Waals surface area contributed by atoms with Crippen LogP contribution in [0.15, 0.2) is 35.1 Å². The van der Waals surface area contributed by atoms with Gasteiger partial charge in [-0.05, 0) is 67.0 Å². The third kappa shape index (κ3) is 6.94. The smallest absolute Gasteiger partial charge is 0.339 e. The van der Waals surface area contributed by atoms with Crippen molar-refractivity contribution in [3.05, 3.63) is 52.1 Å². The Hall–Kier alpha value is -3.43. The summed E-state index contributed by atoms with van der Waals surface area (Å²) in [5.74, 6) is -0.728. The molecule has 1 aromatic carbocycles. The van der Waals surface area contributed by atoms with Crippen LogP contribution in [0.2, 0.25) is 0 Å². The minimum atomic E-state index is -4.67. The molecule has 2 aliphatic heterocycles. The van der Waals surface area contributed by atoms with Gasteiger partial charge in [0.05, 0.1) is 23.0 Å². The van der Waals surface area contributed by atoms with Crippen LogP contribution >= 0.6 is 28.3 Å². The van der Waals surface area contributed by atoms with Crippen molar-refractivity contribution < 1.29 is 27.6 Å². The second-order valence-corrected chi connectivity index (χ2v) is 11.4. The van der Waals surface area contributed by atoms with Gasteiger partial charge in [-0.2, -0.15) is 18.3 Å². The highest BCUT2D eigenvalue weighted by atomic mass is 79.9. The Morgan fingerprint density at radius 3 is 2.36 bits per heavy atom. The number of nitrogens with zero attached hydrogens (tertiary/aromatic N) is 6. The monoisotopic (exact) mass is 700 g/mol. The van der Waals surface area contributed by atoms with Crippen molar-refractivity contribution in [1.29, 1.82) is 0 Å². The summed E-state index contributed by atoms with van der Waals surface area (Å²) in [6.07, 6.45) is -0.525. The molecule has 16 heteroatoms. The maximum Gasteiger partial charge on any atom is 0.435 e. The summed E-state index contributed by atoms with van der Waals surface area (Å²) in [6.45, 7) is 5.42. The molecule has 0 aliphatic carbocycles. The SMILES string of the molecule is CCn1cc(-c2cnc(C(=O)Nc3ccc(C(=O)N4CCN(C(=O)C5CCNCC5)CC4)c(Br)c3)n2C)c(C(F)(F)F)n1.Cl. The van der Waals surface area contributed by atoms with Crippen molar-refractivity contribution >= 4 is 51.7 Å². The van der Waals surface area contributed by atoms with Gasteiger partial charge in [-0.25, -0.2) is 4.98 Å². The molecule has 0 saturated carbocycles. The van der Waals surface area contributed by atoms with E-state index in [1.165, 1.54) is 28.7 Å². The zero-order valence-electron chi connectivity index (χ0n) is 24.2. The summed E-state index contributed by atoms with van der Waals surface area (Å²) in [5, 5.41) is 9.59. The van der Waals surface area contributed by atoms with E-state index in [2.05, 4.69) is 36.6 Å². The topological polar surface area (TPSA) is 117 Å². The number of carbonyl (C=O) groups is 3. The maximum absolute atomic E-state index is 13.6. The molecule has 4 heterocycles. The summed E-state index contributed by atoms with van der Waals surface area (Å²) >= 11 is 3.43. The number of imidazole rings is 1. The number of hydrogen-bond donors (Lipinski definition) is 2. The average Bonchev–Trinajstić information content (AvgIpc) is 3.60. The van der Waals surface area contributed by atoms with Crippen molar-refractivity contribution in [2.24, 2.45) is 13.0 Å². The molecule has 3 aromatic rings. The van der Waals surface area contributed by atoms with Gasteiger partial charge in [0.1, 0.15) is 0 Å². The quantitative estimate of drug-likeness (QED) is 0.401. The lowest BCUT2D eigenvalue weighted by molar-refractivity contribution is -0.141. The minimum Gasteiger partial charge on any atom is -0.339 e. The molecule has 0 atom stereocenters. The molecular formula is C28H33BrClF3N8O3. The van der Waals surface area contributed by atoms with E-state index in [-0.39, 0.29) is 53.8 Å². The largest absolute Gasteiger partial charge is 0.435 e. The normalized spacial score (nSPS) is 16.0. The molecule has 2 aromatic heterocycles. The van der Waals surface area contributed by atoms with Crippen LogP contribution in [0.4, 0.5) is 18.9 Å². The first kappa shape index (κ1) is 33.5. The lowest BCUT2D eigenvalue weighted by Crippen LogP contribution is -2.52. The number of rotatable bonds is 6. The highest BCUT2D eigenvalue weighted by Gasteiger charge is 2.38. The van der Waals surface area contributed by atoms with Crippen molar-refractivity contribution in [2.75, 3.05) is 44.6 Å². The molecule has 2 aliphatic rings. The van der Waals surface area contributed by atoms with E-state index in [1.807, 2.05) is 4.90 Å². The molecule has 0 bridgehead atoms. The number of amides is 3. The van der Waals surface area contributed by atoms with E-state index in [4.69, 9.17) is 0 Å². The number of alkyl halides is 3. The zero-order chi connectivity index (χ0) is 30.9. The molecule has 2 saturated heterocycles. The first-order valence-electron chi connectivity index (χ1n) is 14.0. The summed E-state index contributed by atoms with van der Waals surface area (Å²) in [4.78, 5) is 46.7. The Balaban J connectivity index is 0.00000442. The molecule has 11 nitrogen and oxygen atoms in total. The van der Waals surface area contributed by atoms with Crippen LogP contribution in [0.1, 0.15) is 46.4 Å². The lowest BCUT2D eigenvalue weighted by atomic mass is 9.96. The zero-order valence-corrected chi connectivity index (χ0v) is 26.6. The molecule has 0 unspecified atom stereocenters. The Kier molecular flexibility index (Phi) is 10.4. The van der Waals surface area contributed by atoms with Crippen LogP contribution in [-0.2, 0) is 24.6 Å². The molecule has 2 fully saturated rings. The summed E-state index contributed by atoms with van der Waals surface area (Å²) < 4.78 is 43.7. The molecule has 238 valence electrons. The number of piperazine rings is 1. The van der Waals surface area contributed by atoms with Gasteiger partial charge in [0.15, 0.2) is 11.5 Å².